The van der Waals surface area contributed by atoms with Crippen molar-refractivity contribution in [3.63, 3.8) is 0 Å². The fraction of sp³-hybridized carbons (Fsp3) is 0.375. The van der Waals surface area contributed by atoms with Gasteiger partial charge in [-0.25, -0.2) is 0 Å². The van der Waals surface area contributed by atoms with E-state index in [1.54, 1.807) is 6.07 Å². The van der Waals surface area contributed by atoms with Gasteiger partial charge in [-0.15, -0.1) is 0 Å². The number of nitrogens with zero attached hydrogens (tertiary/aromatic N) is 1. The standard InChI is InChI=1S/C24H26ClN3O2/c1-12-7-16(24(4)10-13(2)14(3)11-24)17(25)8-15(12)19-9-20(29)21-18(28-19)5-6-27-22(21)23(26)30/h5-9,13-14H,10-11H2,1-4H3,(H2,26,30)(H,28,29)/t13-,14?,24?/m1/s1. The van der Waals surface area contributed by atoms with Gasteiger partial charge >= 0.3 is 0 Å². The summed E-state index contributed by atoms with van der Waals surface area (Å²) < 4.78 is 0. The number of primary amides is 1. The number of aryl methyl sites for hydroxylation is 1. The zero-order valence-electron chi connectivity index (χ0n) is 17.7. The Morgan fingerprint density at radius 1 is 1.23 bits per heavy atom. The van der Waals surface area contributed by atoms with Crippen LogP contribution in [0.25, 0.3) is 22.2 Å². The number of fused-ring (bicyclic) bond motifs is 1. The molecule has 3 N–H and O–H groups in total. The predicted molar refractivity (Wildman–Crippen MR) is 121 cm³/mol. The molecule has 1 aliphatic rings. The molecule has 2 heterocycles. The molecule has 156 valence electrons. The SMILES string of the molecule is Cc1cc(C2(C)CC(C)[C@H](C)C2)c(Cl)cc1-c1cc(=O)c2c(C(N)=O)nccc2[nH]1. The molecule has 0 saturated heterocycles. The van der Waals surface area contributed by atoms with Crippen molar-refractivity contribution in [2.24, 2.45) is 17.6 Å². The van der Waals surface area contributed by atoms with Crippen LogP contribution in [0.2, 0.25) is 5.02 Å². The number of halogens is 1. The maximum absolute atomic E-state index is 12.8. The molecule has 1 amide bonds. The fourth-order valence-electron chi connectivity index (χ4n) is 5.09. The molecule has 3 aromatic rings. The van der Waals surface area contributed by atoms with Gasteiger partial charge in [0, 0.05) is 22.8 Å². The van der Waals surface area contributed by atoms with E-state index in [1.165, 1.54) is 17.8 Å². The van der Waals surface area contributed by atoms with Gasteiger partial charge in [-0.05, 0) is 60.3 Å². The Hall–Kier alpha value is -2.66. The summed E-state index contributed by atoms with van der Waals surface area (Å²) in [6, 6.07) is 7.25. The van der Waals surface area contributed by atoms with Crippen molar-refractivity contribution in [3.05, 3.63) is 62.5 Å². The van der Waals surface area contributed by atoms with Crippen LogP contribution >= 0.6 is 11.6 Å². The molecule has 0 radical (unpaired) electrons. The van der Waals surface area contributed by atoms with Crippen LogP contribution in [0, 0.1) is 18.8 Å². The molecular formula is C24H26ClN3O2. The van der Waals surface area contributed by atoms with Crippen molar-refractivity contribution < 1.29 is 4.79 Å². The molecule has 2 aromatic heterocycles. The number of H-pyrrole nitrogens is 1. The summed E-state index contributed by atoms with van der Waals surface area (Å²) in [5.74, 6) is 0.600. The van der Waals surface area contributed by atoms with E-state index in [-0.39, 0.29) is 21.9 Å². The number of carbonyl (C=O) groups excluding carboxylic acids is 1. The molecule has 3 atom stereocenters. The molecule has 5 nitrogen and oxygen atoms in total. The third-order valence-electron chi connectivity index (χ3n) is 6.75. The zero-order chi connectivity index (χ0) is 21.8. The number of rotatable bonds is 3. The second-order valence-electron chi connectivity index (χ2n) is 9.06. The Labute approximate surface area is 180 Å². The number of nitrogens with two attached hydrogens (primary N) is 1. The van der Waals surface area contributed by atoms with Crippen molar-refractivity contribution in [1.82, 2.24) is 9.97 Å². The average Bonchev–Trinajstić information content (AvgIpc) is 2.95. The van der Waals surface area contributed by atoms with Crippen LogP contribution in [0.3, 0.4) is 0 Å². The second kappa shape index (κ2) is 7.24. The number of carbonyl (C=O) groups is 1. The summed E-state index contributed by atoms with van der Waals surface area (Å²) in [5, 5.41) is 0.920. The summed E-state index contributed by atoms with van der Waals surface area (Å²) in [5.41, 5.74) is 9.36. The minimum Gasteiger partial charge on any atom is -0.364 e. The van der Waals surface area contributed by atoms with Crippen molar-refractivity contribution in [3.8, 4) is 11.3 Å². The zero-order valence-corrected chi connectivity index (χ0v) is 18.4. The monoisotopic (exact) mass is 423 g/mol. The number of pyridine rings is 2. The minimum atomic E-state index is -0.726. The van der Waals surface area contributed by atoms with E-state index >= 15 is 0 Å². The summed E-state index contributed by atoms with van der Waals surface area (Å²) in [7, 11) is 0. The largest absolute Gasteiger partial charge is 0.364 e. The third kappa shape index (κ3) is 3.31. The summed E-state index contributed by atoms with van der Waals surface area (Å²) in [4.78, 5) is 31.7. The number of benzene rings is 1. The molecule has 0 aliphatic heterocycles. The van der Waals surface area contributed by atoms with Crippen molar-refractivity contribution >= 4 is 28.4 Å². The first-order chi connectivity index (χ1) is 14.1. The van der Waals surface area contributed by atoms with Gasteiger partial charge in [0.25, 0.3) is 5.91 Å². The number of hydrogen-bond donors (Lipinski definition) is 2. The Morgan fingerprint density at radius 3 is 2.53 bits per heavy atom. The van der Waals surface area contributed by atoms with E-state index in [0.29, 0.717) is 28.1 Å². The Bertz CT molecular complexity index is 1220. The summed E-state index contributed by atoms with van der Waals surface area (Å²) >= 11 is 6.78. The van der Waals surface area contributed by atoms with Crippen LogP contribution in [-0.2, 0) is 5.41 Å². The lowest BCUT2D eigenvalue weighted by molar-refractivity contribution is 0.0997. The molecule has 0 spiro atoms. The van der Waals surface area contributed by atoms with Gasteiger partial charge in [-0.3, -0.25) is 14.6 Å². The Kier molecular flexibility index (Phi) is 4.97. The summed E-state index contributed by atoms with van der Waals surface area (Å²) in [6.45, 7) is 8.94. The van der Waals surface area contributed by atoms with E-state index in [1.807, 2.05) is 13.0 Å². The van der Waals surface area contributed by atoms with Gasteiger partial charge < -0.3 is 10.7 Å². The lowest BCUT2D eigenvalue weighted by Gasteiger charge is -2.27. The molecule has 4 rings (SSSR count). The van der Waals surface area contributed by atoms with Gasteiger partial charge in [0.15, 0.2) is 5.43 Å². The first-order valence-electron chi connectivity index (χ1n) is 10.2. The maximum Gasteiger partial charge on any atom is 0.268 e. The van der Waals surface area contributed by atoms with E-state index < -0.39 is 5.91 Å². The van der Waals surface area contributed by atoms with E-state index in [9.17, 15) is 9.59 Å². The Balaban J connectivity index is 1.84. The highest BCUT2D eigenvalue weighted by molar-refractivity contribution is 6.31. The van der Waals surface area contributed by atoms with Crippen LogP contribution < -0.4 is 11.2 Å². The number of hydrogen-bond acceptors (Lipinski definition) is 3. The van der Waals surface area contributed by atoms with Crippen LogP contribution in [0.5, 0.6) is 0 Å². The number of nitrogens with one attached hydrogen (secondary N) is 1. The maximum atomic E-state index is 12.8. The molecule has 1 aliphatic carbocycles. The van der Waals surface area contributed by atoms with E-state index in [2.05, 4.69) is 36.8 Å². The molecule has 1 fully saturated rings. The molecule has 6 heteroatoms. The molecule has 1 aromatic carbocycles. The molecule has 1 saturated carbocycles. The van der Waals surface area contributed by atoms with Gasteiger partial charge in [0.05, 0.1) is 16.6 Å². The van der Waals surface area contributed by atoms with Crippen LogP contribution in [0.15, 0.2) is 35.3 Å². The summed E-state index contributed by atoms with van der Waals surface area (Å²) in [6.07, 6.45) is 3.69. The smallest absolute Gasteiger partial charge is 0.268 e. The lowest BCUT2D eigenvalue weighted by Crippen LogP contribution is -2.19. The van der Waals surface area contributed by atoms with Gasteiger partial charge in [0.1, 0.15) is 5.69 Å². The third-order valence-corrected chi connectivity index (χ3v) is 7.06. The Morgan fingerprint density at radius 2 is 1.90 bits per heavy atom. The average molecular weight is 424 g/mol. The van der Waals surface area contributed by atoms with Gasteiger partial charge in [-0.2, -0.15) is 0 Å². The lowest BCUT2D eigenvalue weighted by atomic mass is 9.78. The van der Waals surface area contributed by atoms with Gasteiger partial charge in [-0.1, -0.05) is 38.4 Å². The van der Waals surface area contributed by atoms with Crippen LogP contribution in [0.1, 0.15) is 55.2 Å². The topological polar surface area (TPSA) is 88.8 Å². The highest BCUT2D eigenvalue weighted by atomic mass is 35.5. The molecule has 30 heavy (non-hydrogen) atoms. The number of amides is 1. The van der Waals surface area contributed by atoms with E-state index in [0.717, 1.165) is 24.0 Å². The predicted octanol–water partition coefficient (Wildman–Crippen LogP) is 4.97. The van der Waals surface area contributed by atoms with Crippen LogP contribution in [-0.4, -0.2) is 15.9 Å². The van der Waals surface area contributed by atoms with Crippen LogP contribution in [0.4, 0.5) is 0 Å². The first kappa shape index (κ1) is 20.6. The van der Waals surface area contributed by atoms with E-state index in [4.69, 9.17) is 17.3 Å². The highest BCUT2D eigenvalue weighted by Crippen LogP contribution is 2.49. The normalized spacial score (nSPS) is 23.8. The molecule has 2 unspecified atom stereocenters. The number of aromatic nitrogens is 2. The number of aromatic amines is 1. The van der Waals surface area contributed by atoms with Gasteiger partial charge in [0.2, 0.25) is 0 Å². The van der Waals surface area contributed by atoms with Crippen molar-refractivity contribution in [2.75, 3.05) is 0 Å². The fourth-order valence-corrected chi connectivity index (χ4v) is 5.48. The highest BCUT2D eigenvalue weighted by Gasteiger charge is 2.40. The molecular weight excluding hydrogens is 398 g/mol. The first-order valence-corrected chi connectivity index (χ1v) is 10.6. The molecule has 0 bridgehead atoms. The quantitative estimate of drug-likeness (QED) is 0.622. The van der Waals surface area contributed by atoms with Crippen molar-refractivity contribution in [1.29, 1.82) is 0 Å². The minimum absolute atomic E-state index is 0.0252. The second-order valence-corrected chi connectivity index (χ2v) is 9.47. The van der Waals surface area contributed by atoms with Crippen molar-refractivity contribution in [2.45, 2.75) is 46.0 Å².